The molecule has 0 aliphatic rings. The van der Waals surface area contributed by atoms with E-state index in [9.17, 15) is 0 Å². The standard InChI is InChI=1S/C24H16Br2O/c25-21-10-4-17(5-11-21)18-8-14-23(15-9-18)27-24-3-1-2-20(16-24)19-6-12-22(26)13-7-19/h1-16H. The van der Waals surface area contributed by atoms with Crippen LogP contribution in [-0.2, 0) is 0 Å². The molecule has 0 saturated heterocycles. The maximum Gasteiger partial charge on any atom is 0.128 e. The van der Waals surface area contributed by atoms with Crippen LogP contribution in [0.1, 0.15) is 0 Å². The first-order valence-electron chi connectivity index (χ1n) is 8.57. The van der Waals surface area contributed by atoms with E-state index >= 15 is 0 Å². The van der Waals surface area contributed by atoms with Crippen LogP contribution >= 0.6 is 31.9 Å². The molecule has 3 heteroatoms. The zero-order valence-corrected chi connectivity index (χ0v) is 17.6. The normalized spacial score (nSPS) is 10.6. The summed E-state index contributed by atoms with van der Waals surface area (Å²) in [4.78, 5) is 0. The first kappa shape index (κ1) is 18.0. The molecule has 0 aromatic heterocycles. The molecule has 0 spiro atoms. The molecule has 4 aromatic rings. The SMILES string of the molecule is Brc1ccc(-c2ccc(Oc3cccc(-c4ccc(Br)cc4)c3)cc2)cc1. The Balaban J connectivity index is 1.53. The average Bonchev–Trinajstić information content (AvgIpc) is 2.70. The predicted molar refractivity (Wildman–Crippen MR) is 119 cm³/mol. The van der Waals surface area contributed by atoms with E-state index in [-0.39, 0.29) is 0 Å². The highest BCUT2D eigenvalue weighted by Crippen LogP contribution is 2.30. The lowest BCUT2D eigenvalue weighted by atomic mass is 10.1. The zero-order valence-electron chi connectivity index (χ0n) is 14.4. The van der Waals surface area contributed by atoms with Crippen molar-refractivity contribution < 1.29 is 4.74 Å². The summed E-state index contributed by atoms with van der Waals surface area (Å²) in [5, 5.41) is 0. The lowest BCUT2D eigenvalue weighted by Gasteiger charge is -2.09. The fourth-order valence-electron chi connectivity index (χ4n) is 2.88. The molecule has 0 radical (unpaired) electrons. The minimum Gasteiger partial charge on any atom is -0.457 e. The Hall–Kier alpha value is -2.36. The van der Waals surface area contributed by atoms with Gasteiger partial charge in [-0.15, -0.1) is 0 Å². The van der Waals surface area contributed by atoms with Gasteiger partial charge < -0.3 is 4.74 Å². The summed E-state index contributed by atoms with van der Waals surface area (Å²) in [7, 11) is 0. The number of hydrogen-bond acceptors (Lipinski definition) is 1. The number of rotatable bonds is 4. The Bertz CT molecular complexity index is 1040. The van der Waals surface area contributed by atoms with Crippen molar-refractivity contribution in [3.05, 3.63) is 106 Å². The maximum atomic E-state index is 6.06. The molecule has 0 unspecified atom stereocenters. The van der Waals surface area contributed by atoms with Crippen molar-refractivity contribution in [1.29, 1.82) is 0 Å². The van der Waals surface area contributed by atoms with E-state index in [1.165, 1.54) is 11.1 Å². The molecule has 0 aliphatic heterocycles. The van der Waals surface area contributed by atoms with Crippen LogP contribution in [0.2, 0.25) is 0 Å². The summed E-state index contributed by atoms with van der Waals surface area (Å²) in [6, 6.07) is 32.9. The monoisotopic (exact) mass is 478 g/mol. The van der Waals surface area contributed by atoms with Gasteiger partial charge >= 0.3 is 0 Å². The minimum atomic E-state index is 0.823. The van der Waals surface area contributed by atoms with Crippen molar-refractivity contribution >= 4 is 31.9 Å². The molecule has 0 bridgehead atoms. The molecule has 0 aliphatic carbocycles. The molecule has 4 aromatic carbocycles. The second-order valence-corrected chi connectivity index (χ2v) is 8.00. The molecule has 0 saturated carbocycles. The molecule has 1 nitrogen and oxygen atoms in total. The van der Waals surface area contributed by atoms with Crippen LogP contribution in [0.5, 0.6) is 11.5 Å². The third-order valence-electron chi connectivity index (χ3n) is 4.28. The number of hydrogen-bond donors (Lipinski definition) is 0. The summed E-state index contributed by atoms with van der Waals surface area (Å²) < 4.78 is 8.21. The molecule has 0 amide bonds. The minimum absolute atomic E-state index is 0.823. The van der Waals surface area contributed by atoms with E-state index in [1.807, 2.05) is 48.5 Å². The first-order valence-corrected chi connectivity index (χ1v) is 10.2. The van der Waals surface area contributed by atoms with Crippen LogP contribution in [0.25, 0.3) is 22.3 Å². The molecule has 0 N–H and O–H groups in total. The summed E-state index contributed by atoms with van der Waals surface area (Å²) in [5.74, 6) is 1.65. The van der Waals surface area contributed by atoms with Gasteiger partial charge in [-0.3, -0.25) is 0 Å². The lowest BCUT2D eigenvalue weighted by Crippen LogP contribution is -1.86. The topological polar surface area (TPSA) is 9.23 Å². The van der Waals surface area contributed by atoms with E-state index < -0.39 is 0 Å². The molecular formula is C24H16Br2O. The van der Waals surface area contributed by atoms with Crippen LogP contribution in [0.4, 0.5) is 0 Å². The quantitative estimate of drug-likeness (QED) is 0.285. The maximum absolute atomic E-state index is 6.06. The first-order chi connectivity index (χ1) is 13.2. The van der Waals surface area contributed by atoms with Gasteiger partial charge in [0.15, 0.2) is 0 Å². The highest BCUT2D eigenvalue weighted by molar-refractivity contribution is 9.10. The van der Waals surface area contributed by atoms with Crippen molar-refractivity contribution in [3.8, 4) is 33.8 Å². The van der Waals surface area contributed by atoms with Crippen molar-refractivity contribution in [2.45, 2.75) is 0 Å². The van der Waals surface area contributed by atoms with E-state index in [1.54, 1.807) is 0 Å². The third kappa shape index (κ3) is 4.49. The van der Waals surface area contributed by atoms with E-state index in [0.717, 1.165) is 31.6 Å². The van der Waals surface area contributed by atoms with E-state index in [4.69, 9.17) is 4.74 Å². The third-order valence-corrected chi connectivity index (χ3v) is 5.34. The average molecular weight is 480 g/mol. The van der Waals surface area contributed by atoms with Gasteiger partial charge in [0.2, 0.25) is 0 Å². The molecule has 27 heavy (non-hydrogen) atoms. The summed E-state index contributed by atoms with van der Waals surface area (Å²) in [6.07, 6.45) is 0. The van der Waals surface area contributed by atoms with Gasteiger partial charge in [0.1, 0.15) is 11.5 Å². The molecule has 0 atom stereocenters. The van der Waals surface area contributed by atoms with Crippen LogP contribution in [0, 0.1) is 0 Å². The Labute approximate surface area is 175 Å². The van der Waals surface area contributed by atoms with Gasteiger partial charge in [0.25, 0.3) is 0 Å². The highest BCUT2D eigenvalue weighted by Gasteiger charge is 2.03. The lowest BCUT2D eigenvalue weighted by molar-refractivity contribution is 0.483. The summed E-state index contributed by atoms with van der Waals surface area (Å²) >= 11 is 6.95. The second kappa shape index (κ2) is 8.12. The van der Waals surface area contributed by atoms with Gasteiger partial charge in [0.05, 0.1) is 0 Å². The molecule has 0 heterocycles. The Morgan fingerprint density at radius 1 is 0.444 bits per heavy atom. The Kier molecular flexibility index (Phi) is 5.42. The Morgan fingerprint density at radius 3 is 1.48 bits per heavy atom. The second-order valence-electron chi connectivity index (χ2n) is 6.17. The summed E-state index contributed by atoms with van der Waals surface area (Å²) in [5.41, 5.74) is 4.64. The molecule has 132 valence electrons. The number of halogens is 2. The van der Waals surface area contributed by atoms with Gasteiger partial charge in [-0.25, -0.2) is 0 Å². The van der Waals surface area contributed by atoms with Crippen molar-refractivity contribution in [3.63, 3.8) is 0 Å². The largest absolute Gasteiger partial charge is 0.457 e. The van der Waals surface area contributed by atoms with Gasteiger partial charge in [-0.2, -0.15) is 0 Å². The van der Waals surface area contributed by atoms with Gasteiger partial charge in [-0.05, 0) is 70.8 Å². The van der Waals surface area contributed by atoms with Crippen molar-refractivity contribution in [2.24, 2.45) is 0 Å². The van der Waals surface area contributed by atoms with Gasteiger partial charge in [0, 0.05) is 8.95 Å². The van der Waals surface area contributed by atoms with Crippen LogP contribution in [0.15, 0.2) is 106 Å². The zero-order chi connectivity index (χ0) is 18.6. The van der Waals surface area contributed by atoms with Crippen LogP contribution < -0.4 is 4.74 Å². The predicted octanol–water partition coefficient (Wildman–Crippen LogP) is 8.34. The van der Waals surface area contributed by atoms with Crippen molar-refractivity contribution in [2.75, 3.05) is 0 Å². The van der Waals surface area contributed by atoms with Crippen molar-refractivity contribution in [1.82, 2.24) is 0 Å². The van der Waals surface area contributed by atoms with E-state index in [2.05, 4.69) is 80.4 Å². The van der Waals surface area contributed by atoms with Crippen LogP contribution in [-0.4, -0.2) is 0 Å². The summed E-state index contributed by atoms with van der Waals surface area (Å²) in [6.45, 7) is 0. The molecule has 0 fully saturated rings. The van der Waals surface area contributed by atoms with Crippen LogP contribution in [0.3, 0.4) is 0 Å². The molecular weight excluding hydrogens is 464 g/mol. The van der Waals surface area contributed by atoms with E-state index in [0.29, 0.717) is 0 Å². The fraction of sp³-hybridized carbons (Fsp3) is 0. The fourth-order valence-corrected chi connectivity index (χ4v) is 3.40. The number of ether oxygens (including phenoxy) is 1. The highest BCUT2D eigenvalue weighted by atomic mass is 79.9. The smallest absolute Gasteiger partial charge is 0.128 e. The Morgan fingerprint density at radius 2 is 0.926 bits per heavy atom. The number of benzene rings is 4. The van der Waals surface area contributed by atoms with Gasteiger partial charge in [-0.1, -0.05) is 80.4 Å². The molecule has 4 rings (SSSR count).